The van der Waals surface area contributed by atoms with Crippen LogP contribution in [0.25, 0.3) is 0 Å². The number of rotatable bonds is 6. The molecular weight excluding hydrogens is 350 g/mol. The van der Waals surface area contributed by atoms with E-state index in [1.165, 1.54) is 0 Å². The van der Waals surface area contributed by atoms with Gasteiger partial charge in [0.25, 0.3) is 5.91 Å². The second kappa shape index (κ2) is 8.95. The van der Waals surface area contributed by atoms with Crippen LogP contribution in [0.15, 0.2) is 0 Å². The largest absolute Gasteiger partial charge is 0.481 e. The number of thiazole rings is 1. The Hall–Kier alpha value is -1.47. The maximum Gasteiger partial charge on any atom is 0.303 e. The second-order valence-electron chi connectivity index (χ2n) is 7.61. The van der Waals surface area contributed by atoms with E-state index >= 15 is 0 Å². The molecule has 0 radical (unpaired) electrons. The molecule has 1 aromatic rings. The molecule has 0 aromatic carbocycles. The summed E-state index contributed by atoms with van der Waals surface area (Å²) in [7, 11) is 0. The van der Waals surface area contributed by atoms with Gasteiger partial charge < -0.3 is 15.7 Å². The van der Waals surface area contributed by atoms with E-state index in [2.05, 4.69) is 15.6 Å². The number of nitrogens with one attached hydrogen (secondary N) is 2. The summed E-state index contributed by atoms with van der Waals surface area (Å²) in [4.78, 5) is 28.8. The predicted octanol–water partition coefficient (Wildman–Crippen LogP) is 3.07. The summed E-state index contributed by atoms with van der Waals surface area (Å²) in [5, 5.41) is 16.4. The van der Waals surface area contributed by atoms with E-state index in [1.807, 2.05) is 6.92 Å². The van der Waals surface area contributed by atoms with Crippen LogP contribution in [0.3, 0.4) is 0 Å². The molecule has 0 bridgehead atoms. The molecule has 7 heteroatoms. The molecule has 6 nitrogen and oxygen atoms in total. The summed E-state index contributed by atoms with van der Waals surface area (Å²) in [6, 6.07) is 0.201. The van der Waals surface area contributed by atoms with E-state index in [0.29, 0.717) is 11.8 Å². The highest BCUT2D eigenvalue weighted by molar-refractivity contribution is 7.13. The van der Waals surface area contributed by atoms with E-state index in [9.17, 15) is 9.59 Å². The monoisotopic (exact) mass is 379 g/mol. The summed E-state index contributed by atoms with van der Waals surface area (Å²) in [6.45, 7) is 3.98. The Morgan fingerprint density at radius 3 is 2.54 bits per heavy atom. The number of carboxylic acid groups (broad SMARTS) is 1. The number of carboxylic acids is 1. The molecule has 1 saturated heterocycles. The average molecular weight is 380 g/mol. The molecule has 1 aliphatic heterocycles. The van der Waals surface area contributed by atoms with Crippen LogP contribution in [0.4, 0.5) is 0 Å². The number of aryl methyl sites for hydroxylation is 1. The first kappa shape index (κ1) is 19.3. The molecule has 0 unspecified atom stereocenters. The van der Waals surface area contributed by atoms with Gasteiger partial charge in [0.05, 0.1) is 10.7 Å². The molecule has 2 fully saturated rings. The van der Waals surface area contributed by atoms with Crippen molar-refractivity contribution in [2.75, 3.05) is 13.1 Å². The summed E-state index contributed by atoms with van der Waals surface area (Å²) < 4.78 is 0. The van der Waals surface area contributed by atoms with Crippen LogP contribution in [0.2, 0.25) is 0 Å². The average Bonchev–Trinajstić information content (AvgIpc) is 3.04. The fourth-order valence-electron chi connectivity index (χ4n) is 4.05. The van der Waals surface area contributed by atoms with Crippen LogP contribution in [-0.2, 0) is 4.79 Å². The Labute approximate surface area is 158 Å². The Morgan fingerprint density at radius 1 is 1.19 bits per heavy atom. The molecular formula is C19H29N3O3S. The number of hydrogen-bond acceptors (Lipinski definition) is 5. The standard InChI is InChI=1S/C19H29N3O3S/c1-12-17(26-19(21-12)14-8-10-20-11-9-14)18(25)22-15-5-2-13(3-6-15)4-7-16(23)24/h13-15,20H,2-11H2,1H3,(H,22,25)(H,23,24). The highest BCUT2D eigenvalue weighted by Crippen LogP contribution is 2.32. The van der Waals surface area contributed by atoms with Crippen molar-refractivity contribution >= 4 is 23.2 Å². The van der Waals surface area contributed by atoms with Crippen LogP contribution in [0, 0.1) is 12.8 Å². The first-order chi connectivity index (χ1) is 12.5. The highest BCUT2D eigenvalue weighted by Gasteiger charge is 2.26. The van der Waals surface area contributed by atoms with E-state index in [1.54, 1.807) is 11.3 Å². The van der Waals surface area contributed by atoms with E-state index in [-0.39, 0.29) is 18.4 Å². The number of piperidine rings is 1. The van der Waals surface area contributed by atoms with Crippen molar-refractivity contribution in [1.29, 1.82) is 0 Å². The third-order valence-corrected chi connectivity index (χ3v) is 6.97. The highest BCUT2D eigenvalue weighted by atomic mass is 32.1. The van der Waals surface area contributed by atoms with Crippen molar-refractivity contribution < 1.29 is 14.7 Å². The molecule has 3 rings (SSSR count). The van der Waals surface area contributed by atoms with Crippen LogP contribution in [0.1, 0.15) is 77.7 Å². The zero-order chi connectivity index (χ0) is 18.5. The number of carbonyl (C=O) groups is 2. The summed E-state index contributed by atoms with van der Waals surface area (Å²) in [6.07, 6.45) is 7.07. The van der Waals surface area contributed by atoms with Gasteiger partial charge in [-0.3, -0.25) is 9.59 Å². The fourth-order valence-corrected chi connectivity index (χ4v) is 5.18. The van der Waals surface area contributed by atoms with Gasteiger partial charge in [-0.15, -0.1) is 11.3 Å². The third-order valence-electron chi connectivity index (χ3n) is 5.66. The number of hydrogen-bond donors (Lipinski definition) is 3. The molecule has 1 aliphatic carbocycles. The first-order valence-electron chi connectivity index (χ1n) is 9.73. The van der Waals surface area contributed by atoms with Crippen molar-refractivity contribution in [2.24, 2.45) is 5.92 Å². The van der Waals surface area contributed by atoms with E-state index in [0.717, 1.165) is 73.6 Å². The maximum absolute atomic E-state index is 12.7. The van der Waals surface area contributed by atoms with E-state index in [4.69, 9.17) is 5.11 Å². The maximum atomic E-state index is 12.7. The molecule has 1 saturated carbocycles. The Kier molecular flexibility index (Phi) is 6.64. The number of nitrogens with zero attached hydrogens (tertiary/aromatic N) is 1. The summed E-state index contributed by atoms with van der Waals surface area (Å²) in [5.41, 5.74) is 0.844. The zero-order valence-electron chi connectivity index (χ0n) is 15.4. The zero-order valence-corrected chi connectivity index (χ0v) is 16.2. The Bertz CT molecular complexity index is 632. The van der Waals surface area contributed by atoms with Crippen molar-refractivity contribution in [2.45, 2.75) is 70.3 Å². The predicted molar refractivity (Wildman–Crippen MR) is 102 cm³/mol. The van der Waals surface area contributed by atoms with Gasteiger partial charge in [0, 0.05) is 18.4 Å². The van der Waals surface area contributed by atoms with Gasteiger partial charge in [0.2, 0.25) is 0 Å². The van der Waals surface area contributed by atoms with Gasteiger partial charge in [-0.05, 0) is 70.9 Å². The van der Waals surface area contributed by atoms with E-state index < -0.39 is 5.97 Å². The smallest absolute Gasteiger partial charge is 0.303 e. The number of aliphatic carboxylic acids is 1. The van der Waals surface area contributed by atoms with Gasteiger partial charge >= 0.3 is 5.97 Å². The van der Waals surface area contributed by atoms with Gasteiger partial charge in [-0.25, -0.2) is 4.98 Å². The lowest BCUT2D eigenvalue weighted by atomic mass is 9.83. The number of carbonyl (C=O) groups excluding carboxylic acids is 1. The van der Waals surface area contributed by atoms with Crippen LogP contribution in [-0.4, -0.2) is 41.1 Å². The molecule has 2 aliphatic rings. The minimum absolute atomic E-state index is 0.00849. The lowest BCUT2D eigenvalue weighted by molar-refractivity contribution is -0.137. The molecule has 3 N–H and O–H groups in total. The van der Waals surface area contributed by atoms with Crippen LogP contribution >= 0.6 is 11.3 Å². The molecule has 1 aromatic heterocycles. The summed E-state index contributed by atoms with van der Waals surface area (Å²) in [5.74, 6) is 0.252. The topological polar surface area (TPSA) is 91.3 Å². The van der Waals surface area contributed by atoms with Crippen LogP contribution < -0.4 is 10.6 Å². The molecule has 1 amide bonds. The van der Waals surface area contributed by atoms with Gasteiger partial charge in [-0.1, -0.05) is 0 Å². The SMILES string of the molecule is Cc1nc(C2CCNCC2)sc1C(=O)NC1CCC(CCC(=O)O)CC1. The molecule has 0 atom stereocenters. The Morgan fingerprint density at radius 2 is 1.88 bits per heavy atom. The van der Waals surface area contributed by atoms with Crippen molar-refractivity contribution in [3.63, 3.8) is 0 Å². The first-order valence-corrected chi connectivity index (χ1v) is 10.5. The second-order valence-corrected chi connectivity index (χ2v) is 8.65. The number of aromatic nitrogens is 1. The molecule has 0 spiro atoms. The lowest BCUT2D eigenvalue weighted by Gasteiger charge is -2.28. The molecule has 26 heavy (non-hydrogen) atoms. The van der Waals surface area contributed by atoms with Crippen molar-refractivity contribution in [1.82, 2.24) is 15.6 Å². The van der Waals surface area contributed by atoms with Gasteiger partial charge in [0.15, 0.2) is 0 Å². The lowest BCUT2D eigenvalue weighted by Crippen LogP contribution is -2.37. The molecule has 2 heterocycles. The molecule has 144 valence electrons. The quantitative estimate of drug-likeness (QED) is 0.706. The minimum atomic E-state index is -0.717. The fraction of sp³-hybridized carbons (Fsp3) is 0.737. The minimum Gasteiger partial charge on any atom is -0.481 e. The van der Waals surface area contributed by atoms with Gasteiger partial charge in [-0.2, -0.15) is 0 Å². The third kappa shape index (κ3) is 5.04. The van der Waals surface area contributed by atoms with Crippen molar-refractivity contribution in [3.8, 4) is 0 Å². The summed E-state index contributed by atoms with van der Waals surface area (Å²) >= 11 is 1.56. The Balaban J connectivity index is 1.51. The van der Waals surface area contributed by atoms with Gasteiger partial charge in [0.1, 0.15) is 4.88 Å². The number of amides is 1. The van der Waals surface area contributed by atoms with Crippen LogP contribution in [0.5, 0.6) is 0 Å². The normalized spacial score (nSPS) is 24.3. The van der Waals surface area contributed by atoms with Crippen molar-refractivity contribution in [3.05, 3.63) is 15.6 Å².